The highest BCUT2D eigenvalue weighted by Gasteiger charge is 2.04. The zero-order valence-electron chi connectivity index (χ0n) is 7.98. The molecule has 86 valence electrons. The van der Waals surface area contributed by atoms with Crippen molar-refractivity contribution in [1.82, 2.24) is 9.97 Å². The molecular weight excluding hydrogens is 224 g/mol. The van der Waals surface area contributed by atoms with Crippen LogP contribution in [0, 0.1) is 17.5 Å². The highest BCUT2D eigenvalue weighted by molar-refractivity contribution is 5.07. The van der Waals surface area contributed by atoms with Crippen LogP contribution in [0.15, 0.2) is 43.0 Å². The Bertz CT molecular complexity index is 362. The van der Waals surface area contributed by atoms with Gasteiger partial charge in [0.25, 0.3) is 0 Å². The summed E-state index contributed by atoms with van der Waals surface area (Å²) in [6, 6.07) is 4.60. The molecule has 0 spiro atoms. The normalized spacial score (nSPS) is 8.44. The Kier molecular flexibility index (Phi) is 6.42. The number of aromatic nitrogens is 2. The quantitative estimate of drug-likeness (QED) is 0.515. The van der Waals surface area contributed by atoms with Gasteiger partial charge in [-0.1, -0.05) is 6.07 Å². The van der Waals surface area contributed by atoms with Crippen LogP contribution in [-0.2, 0) is 0 Å². The average molecular weight is 232 g/mol. The molecule has 0 aliphatic carbocycles. The van der Waals surface area contributed by atoms with Gasteiger partial charge in [-0.2, -0.15) is 0 Å². The molecular formula is C10H8F4N2. The van der Waals surface area contributed by atoms with E-state index >= 15 is 0 Å². The molecule has 16 heavy (non-hydrogen) atoms. The maximum Gasteiger partial charge on any atom is 0.194 e. The molecule has 0 radical (unpaired) electrons. The van der Waals surface area contributed by atoms with Gasteiger partial charge in [0.05, 0.1) is 0 Å². The van der Waals surface area contributed by atoms with Gasteiger partial charge in [-0.15, -0.1) is 0 Å². The zero-order valence-corrected chi connectivity index (χ0v) is 7.98. The fourth-order valence-corrected chi connectivity index (χ4v) is 0.731. The van der Waals surface area contributed by atoms with Crippen molar-refractivity contribution >= 4 is 0 Å². The molecule has 6 heteroatoms. The van der Waals surface area contributed by atoms with Crippen LogP contribution in [0.3, 0.4) is 0 Å². The van der Waals surface area contributed by atoms with E-state index in [1.807, 2.05) is 0 Å². The van der Waals surface area contributed by atoms with E-state index < -0.39 is 17.5 Å². The molecule has 0 atom stereocenters. The summed E-state index contributed by atoms with van der Waals surface area (Å²) in [6.07, 6.45) is 4.88. The molecule has 1 aromatic carbocycles. The van der Waals surface area contributed by atoms with Crippen LogP contribution in [0.5, 0.6) is 0 Å². The third-order valence-corrected chi connectivity index (χ3v) is 1.38. The van der Waals surface area contributed by atoms with Crippen LogP contribution in [-0.4, -0.2) is 9.97 Å². The van der Waals surface area contributed by atoms with Crippen molar-refractivity contribution in [3.05, 3.63) is 60.4 Å². The molecule has 0 amide bonds. The second-order valence-electron chi connectivity index (χ2n) is 2.44. The van der Waals surface area contributed by atoms with Crippen LogP contribution in [0.4, 0.5) is 17.9 Å². The Morgan fingerprint density at radius 3 is 1.56 bits per heavy atom. The molecule has 0 N–H and O–H groups in total. The molecule has 0 saturated heterocycles. The van der Waals surface area contributed by atoms with Crippen LogP contribution >= 0.6 is 0 Å². The summed E-state index contributed by atoms with van der Waals surface area (Å²) in [5.74, 6) is -3.73. The Balaban J connectivity index is 0.000000283. The molecule has 2 nitrogen and oxygen atoms in total. The van der Waals surface area contributed by atoms with Gasteiger partial charge >= 0.3 is 0 Å². The number of halogens is 4. The zero-order chi connectivity index (χ0) is 11.1. The molecule has 1 aromatic heterocycles. The fraction of sp³-hybridized carbons (Fsp3) is 0. The van der Waals surface area contributed by atoms with Crippen molar-refractivity contribution in [2.24, 2.45) is 0 Å². The van der Waals surface area contributed by atoms with E-state index in [-0.39, 0.29) is 4.70 Å². The number of benzene rings is 1. The molecule has 0 unspecified atom stereocenters. The number of nitrogens with zero attached hydrogens (tertiary/aromatic N) is 2. The summed E-state index contributed by atoms with van der Waals surface area (Å²) in [5, 5.41) is 0. The van der Waals surface area contributed by atoms with Gasteiger partial charge in [-0.3, -0.25) is 4.70 Å². The minimum Gasteiger partial charge on any atom is -0.269 e. The maximum atomic E-state index is 12.0. The molecule has 0 fully saturated rings. The number of rotatable bonds is 0. The third kappa shape index (κ3) is 4.50. The molecule has 1 heterocycles. The lowest BCUT2D eigenvalue weighted by Crippen LogP contribution is -1.86. The highest BCUT2D eigenvalue weighted by Crippen LogP contribution is 2.07. The minimum atomic E-state index is -1.42. The SMILES string of the molecule is F.Fc1cccc(F)c1F.c1cncnc1. The van der Waals surface area contributed by atoms with E-state index in [2.05, 4.69) is 9.97 Å². The number of hydrogen-bond acceptors (Lipinski definition) is 2. The van der Waals surface area contributed by atoms with Gasteiger partial charge in [0, 0.05) is 12.4 Å². The Morgan fingerprint density at radius 1 is 0.812 bits per heavy atom. The van der Waals surface area contributed by atoms with Gasteiger partial charge in [0.1, 0.15) is 6.33 Å². The lowest BCUT2D eigenvalue weighted by Gasteiger charge is -1.90. The largest absolute Gasteiger partial charge is 0.269 e. The summed E-state index contributed by atoms with van der Waals surface area (Å²) in [6.45, 7) is 0. The van der Waals surface area contributed by atoms with Gasteiger partial charge in [-0.05, 0) is 18.2 Å². The summed E-state index contributed by atoms with van der Waals surface area (Å²) < 4.78 is 35.9. The van der Waals surface area contributed by atoms with E-state index in [1.54, 1.807) is 18.5 Å². The molecule has 0 saturated carbocycles. The summed E-state index contributed by atoms with van der Waals surface area (Å²) in [7, 11) is 0. The van der Waals surface area contributed by atoms with Crippen LogP contribution in [0.2, 0.25) is 0 Å². The lowest BCUT2D eigenvalue weighted by atomic mass is 10.3. The summed E-state index contributed by atoms with van der Waals surface area (Å²) >= 11 is 0. The summed E-state index contributed by atoms with van der Waals surface area (Å²) in [4.78, 5) is 7.35. The van der Waals surface area contributed by atoms with Crippen molar-refractivity contribution in [2.45, 2.75) is 0 Å². The highest BCUT2D eigenvalue weighted by atomic mass is 19.2. The average Bonchev–Trinajstić information content (AvgIpc) is 2.29. The van der Waals surface area contributed by atoms with E-state index in [9.17, 15) is 13.2 Å². The van der Waals surface area contributed by atoms with Gasteiger partial charge in [-0.25, -0.2) is 23.1 Å². The predicted octanol–water partition coefficient (Wildman–Crippen LogP) is 2.73. The standard InChI is InChI=1S/C6H3F3.C4H4N2.FH/c7-4-2-1-3-5(8)6(4)9;1-2-5-4-6-3-1;/h1-3H;1-4H;1H. The van der Waals surface area contributed by atoms with Gasteiger partial charge in [0.2, 0.25) is 0 Å². The number of hydrogen-bond donors (Lipinski definition) is 0. The van der Waals surface area contributed by atoms with Crippen molar-refractivity contribution < 1.29 is 17.9 Å². The van der Waals surface area contributed by atoms with Gasteiger partial charge < -0.3 is 0 Å². The smallest absolute Gasteiger partial charge is 0.194 e. The topological polar surface area (TPSA) is 25.8 Å². The molecule has 0 bridgehead atoms. The van der Waals surface area contributed by atoms with Crippen LogP contribution in [0.25, 0.3) is 0 Å². The first-order valence-electron chi connectivity index (χ1n) is 4.01. The van der Waals surface area contributed by atoms with Crippen molar-refractivity contribution in [2.75, 3.05) is 0 Å². The van der Waals surface area contributed by atoms with Crippen molar-refractivity contribution in [3.63, 3.8) is 0 Å². The van der Waals surface area contributed by atoms with E-state index in [0.29, 0.717) is 0 Å². The van der Waals surface area contributed by atoms with E-state index in [1.165, 1.54) is 6.33 Å². The van der Waals surface area contributed by atoms with Crippen LogP contribution in [0.1, 0.15) is 0 Å². The maximum absolute atomic E-state index is 12.0. The van der Waals surface area contributed by atoms with Crippen molar-refractivity contribution in [3.8, 4) is 0 Å². The first-order chi connectivity index (χ1) is 7.22. The molecule has 2 aromatic rings. The third-order valence-electron chi connectivity index (χ3n) is 1.38. The first-order valence-corrected chi connectivity index (χ1v) is 4.01. The fourth-order valence-electron chi connectivity index (χ4n) is 0.731. The molecule has 2 rings (SSSR count). The van der Waals surface area contributed by atoms with Gasteiger partial charge in [0.15, 0.2) is 17.5 Å². The molecule has 0 aliphatic rings. The Hall–Kier alpha value is -1.98. The summed E-state index contributed by atoms with van der Waals surface area (Å²) in [5.41, 5.74) is 0. The second-order valence-corrected chi connectivity index (χ2v) is 2.44. The first kappa shape index (κ1) is 14.0. The Labute approximate surface area is 89.2 Å². The predicted molar refractivity (Wildman–Crippen MR) is 50.9 cm³/mol. The van der Waals surface area contributed by atoms with E-state index in [0.717, 1.165) is 18.2 Å². The van der Waals surface area contributed by atoms with Crippen molar-refractivity contribution in [1.29, 1.82) is 0 Å². The minimum absolute atomic E-state index is 0. The Morgan fingerprint density at radius 2 is 1.31 bits per heavy atom. The monoisotopic (exact) mass is 232 g/mol. The second kappa shape index (κ2) is 7.33. The van der Waals surface area contributed by atoms with E-state index in [4.69, 9.17) is 0 Å². The lowest BCUT2D eigenvalue weighted by molar-refractivity contribution is 0.447. The van der Waals surface area contributed by atoms with Crippen LogP contribution < -0.4 is 0 Å². The molecule has 0 aliphatic heterocycles.